The van der Waals surface area contributed by atoms with Crippen molar-refractivity contribution in [1.29, 1.82) is 0 Å². The minimum absolute atomic E-state index is 0.267. The van der Waals surface area contributed by atoms with Gasteiger partial charge in [-0.05, 0) is 18.7 Å². The zero-order valence-electron chi connectivity index (χ0n) is 11.5. The lowest BCUT2D eigenvalue weighted by Crippen LogP contribution is -2.34. The maximum atomic E-state index is 11.9. The lowest BCUT2D eigenvalue weighted by atomic mass is 10.2. The third kappa shape index (κ3) is 2.77. The Hall–Kier alpha value is -0.830. The fourth-order valence-electron chi connectivity index (χ4n) is 2.39. The third-order valence-corrected chi connectivity index (χ3v) is 5.98. The number of aryl methyl sites for hydroxylation is 1. The van der Waals surface area contributed by atoms with Gasteiger partial charge in [-0.1, -0.05) is 0 Å². The SMILES string of the molecule is COP1(=S)OCC2OC(n3cc(C)c(=O)[nH]c3=O)CC2O1. The normalized spacial score (nSPS) is 35.6. The van der Waals surface area contributed by atoms with Gasteiger partial charge in [0.05, 0.1) is 12.7 Å². The minimum Gasteiger partial charge on any atom is -0.349 e. The topological polar surface area (TPSA) is 91.8 Å². The van der Waals surface area contributed by atoms with Crippen molar-refractivity contribution in [2.75, 3.05) is 13.7 Å². The van der Waals surface area contributed by atoms with Gasteiger partial charge < -0.3 is 18.3 Å². The van der Waals surface area contributed by atoms with E-state index in [9.17, 15) is 9.59 Å². The van der Waals surface area contributed by atoms with Crippen molar-refractivity contribution in [3.63, 3.8) is 0 Å². The van der Waals surface area contributed by atoms with Crippen LogP contribution in [0.1, 0.15) is 18.2 Å². The molecule has 3 rings (SSSR count). The highest BCUT2D eigenvalue weighted by Crippen LogP contribution is 2.56. The van der Waals surface area contributed by atoms with E-state index < -0.39 is 24.2 Å². The summed E-state index contributed by atoms with van der Waals surface area (Å²) in [7, 11) is 1.45. The van der Waals surface area contributed by atoms with Crippen LogP contribution >= 0.6 is 6.72 Å². The Bertz CT molecular complexity index is 715. The first-order valence-corrected chi connectivity index (χ1v) is 8.94. The summed E-state index contributed by atoms with van der Waals surface area (Å²) in [6.45, 7) is -0.810. The summed E-state index contributed by atoms with van der Waals surface area (Å²) < 4.78 is 23.3. The predicted octanol–water partition coefficient (Wildman–Crippen LogP) is 0.419. The van der Waals surface area contributed by atoms with Gasteiger partial charge in [-0.2, -0.15) is 0 Å². The van der Waals surface area contributed by atoms with Crippen molar-refractivity contribution in [2.24, 2.45) is 0 Å². The molecule has 10 heteroatoms. The van der Waals surface area contributed by atoms with Crippen LogP contribution in [0, 0.1) is 6.92 Å². The van der Waals surface area contributed by atoms with Gasteiger partial charge >= 0.3 is 12.4 Å². The molecule has 2 aliphatic rings. The quantitative estimate of drug-likeness (QED) is 0.784. The minimum atomic E-state index is -2.70. The lowest BCUT2D eigenvalue weighted by molar-refractivity contribution is -0.0615. The number of H-pyrrole nitrogens is 1. The van der Waals surface area contributed by atoms with Crippen molar-refractivity contribution >= 4 is 18.5 Å². The molecular formula is C11H15N2O6PS. The zero-order chi connectivity index (χ0) is 15.2. The highest BCUT2D eigenvalue weighted by atomic mass is 32.5. The largest absolute Gasteiger partial charge is 0.349 e. The number of aromatic nitrogens is 2. The monoisotopic (exact) mass is 334 g/mol. The number of nitrogens with one attached hydrogen (secondary N) is 1. The van der Waals surface area contributed by atoms with E-state index >= 15 is 0 Å². The molecule has 0 spiro atoms. The maximum Gasteiger partial charge on any atom is 0.330 e. The Labute approximate surface area is 125 Å². The van der Waals surface area contributed by atoms with Gasteiger partial charge in [-0.3, -0.25) is 14.3 Å². The van der Waals surface area contributed by atoms with Crippen molar-refractivity contribution in [3.05, 3.63) is 32.6 Å². The first-order chi connectivity index (χ1) is 9.92. The molecule has 8 nitrogen and oxygen atoms in total. The van der Waals surface area contributed by atoms with Gasteiger partial charge in [-0.15, -0.1) is 0 Å². The van der Waals surface area contributed by atoms with E-state index in [1.165, 1.54) is 17.9 Å². The molecule has 3 heterocycles. The Morgan fingerprint density at radius 3 is 2.95 bits per heavy atom. The smallest absolute Gasteiger partial charge is 0.330 e. The van der Waals surface area contributed by atoms with Crippen LogP contribution in [0.4, 0.5) is 0 Å². The van der Waals surface area contributed by atoms with E-state index in [0.717, 1.165) is 0 Å². The predicted molar refractivity (Wildman–Crippen MR) is 76.7 cm³/mol. The van der Waals surface area contributed by atoms with Crippen LogP contribution in [0.15, 0.2) is 15.8 Å². The Balaban J connectivity index is 1.85. The van der Waals surface area contributed by atoms with E-state index in [2.05, 4.69) is 4.98 Å². The average molecular weight is 334 g/mol. The highest BCUT2D eigenvalue weighted by Gasteiger charge is 2.45. The van der Waals surface area contributed by atoms with Gasteiger partial charge in [-0.25, -0.2) is 4.79 Å². The van der Waals surface area contributed by atoms with Gasteiger partial charge in [0.15, 0.2) is 0 Å². The molecule has 4 unspecified atom stereocenters. The molecular weight excluding hydrogens is 319 g/mol. The summed E-state index contributed by atoms with van der Waals surface area (Å²) in [4.78, 5) is 25.5. The Morgan fingerprint density at radius 2 is 2.24 bits per heavy atom. The van der Waals surface area contributed by atoms with E-state index in [0.29, 0.717) is 12.0 Å². The van der Waals surface area contributed by atoms with Gasteiger partial charge in [0.2, 0.25) is 0 Å². The summed E-state index contributed by atoms with van der Waals surface area (Å²) in [6, 6.07) is 0. The molecule has 1 aromatic rings. The van der Waals surface area contributed by atoms with Crippen LogP contribution in [0.5, 0.6) is 0 Å². The molecule has 2 aliphatic heterocycles. The van der Waals surface area contributed by atoms with E-state index in [-0.39, 0.29) is 18.8 Å². The lowest BCUT2D eigenvalue weighted by Gasteiger charge is -2.31. The molecule has 4 atom stereocenters. The number of hydrogen-bond acceptors (Lipinski definition) is 7. The molecule has 0 aliphatic carbocycles. The highest BCUT2D eigenvalue weighted by molar-refractivity contribution is 8.07. The first-order valence-electron chi connectivity index (χ1n) is 6.38. The Morgan fingerprint density at radius 1 is 1.48 bits per heavy atom. The number of nitrogens with zero attached hydrogens (tertiary/aromatic N) is 1. The van der Waals surface area contributed by atoms with E-state index in [1.54, 1.807) is 6.92 Å². The van der Waals surface area contributed by atoms with E-state index in [4.69, 9.17) is 30.1 Å². The molecule has 1 N–H and O–H groups in total. The second kappa shape index (κ2) is 5.42. The summed E-state index contributed by atoms with van der Waals surface area (Å²) in [5.74, 6) is 0. The molecule has 0 aromatic carbocycles. The number of rotatable bonds is 2. The van der Waals surface area contributed by atoms with Crippen LogP contribution < -0.4 is 11.2 Å². The molecule has 0 amide bonds. The molecule has 2 saturated heterocycles. The molecule has 1 aromatic heterocycles. The molecule has 21 heavy (non-hydrogen) atoms. The number of ether oxygens (including phenoxy) is 1. The van der Waals surface area contributed by atoms with E-state index in [1.807, 2.05) is 0 Å². The fourth-order valence-corrected chi connectivity index (χ4v) is 4.04. The van der Waals surface area contributed by atoms with Crippen molar-refractivity contribution < 1.29 is 18.3 Å². The Kier molecular flexibility index (Phi) is 3.89. The van der Waals surface area contributed by atoms with Crippen LogP contribution in [0.3, 0.4) is 0 Å². The maximum absolute atomic E-state index is 11.9. The molecule has 0 bridgehead atoms. The van der Waals surface area contributed by atoms with Crippen molar-refractivity contribution in [2.45, 2.75) is 31.8 Å². The molecule has 0 radical (unpaired) electrons. The zero-order valence-corrected chi connectivity index (χ0v) is 13.2. The third-order valence-electron chi connectivity index (χ3n) is 3.52. The van der Waals surface area contributed by atoms with Crippen molar-refractivity contribution in [3.8, 4) is 0 Å². The van der Waals surface area contributed by atoms with Crippen LogP contribution in [0.2, 0.25) is 0 Å². The second-order valence-corrected chi connectivity index (χ2v) is 7.98. The van der Waals surface area contributed by atoms with Gasteiger partial charge in [0, 0.05) is 25.3 Å². The second-order valence-electron chi connectivity index (χ2n) is 4.91. The van der Waals surface area contributed by atoms with Gasteiger partial charge in [0.25, 0.3) is 5.56 Å². The first kappa shape index (κ1) is 15.1. The number of fused-ring (bicyclic) bond motifs is 1. The van der Waals surface area contributed by atoms with Crippen LogP contribution in [0.25, 0.3) is 0 Å². The number of hydrogen-bond donors (Lipinski definition) is 1. The fraction of sp³-hybridized carbons (Fsp3) is 0.636. The van der Waals surface area contributed by atoms with Crippen molar-refractivity contribution in [1.82, 2.24) is 9.55 Å². The molecule has 116 valence electrons. The van der Waals surface area contributed by atoms with Crippen LogP contribution in [-0.4, -0.2) is 35.5 Å². The van der Waals surface area contributed by atoms with Crippen LogP contribution in [-0.2, 0) is 30.1 Å². The average Bonchev–Trinajstić information content (AvgIpc) is 2.85. The molecule has 2 fully saturated rings. The summed E-state index contributed by atoms with van der Waals surface area (Å²) in [5, 5.41) is 0. The number of aromatic amines is 1. The summed E-state index contributed by atoms with van der Waals surface area (Å²) >= 11 is 5.17. The standard InChI is InChI=1S/C11H15N2O6PS/c1-6-4-13(11(15)12-10(6)14)9-3-7-8(18-9)5-17-20(21,16-2)19-7/h4,7-9H,3,5H2,1-2H3,(H,12,14,15). The summed E-state index contributed by atoms with van der Waals surface area (Å²) in [5.41, 5.74) is -0.477. The summed E-state index contributed by atoms with van der Waals surface area (Å²) in [6.07, 6.45) is 0.816. The molecule has 0 saturated carbocycles. The van der Waals surface area contributed by atoms with Gasteiger partial charge in [0.1, 0.15) is 12.3 Å².